The number of rotatable bonds is 8. The largest absolute Gasteiger partial charge is 0.353 e. The van der Waals surface area contributed by atoms with Gasteiger partial charge in [0.15, 0.2) is 0 Å². The van der Waals surface area contributed by atoms with Gasteiger partial charge in [-0.1, -0.05) is 27.7 Å². The van der Waals surface area contributed by atoms with Gasteiger partial charge in [0, 0.05) is 12.5 Å². The number of hydrogen-bond donors (Lipinski definition) is 2. The zero-order valence-electron chi connectivity index (χ0n) is 11.3. The maximum absolute atomic E-state index is 11.8. The van der Waals surface area contributed by atoms with Crippen LogP contribution in [0.5, 0.6) is 0 Å². The fourth-order valence-corrected chi connectivity index (χ4v) is 1.97. The molecule has 3 N–H and O–H groups in total. The zero-order chi connectivity index (χ0) is 12.6. The standard InChI is InChI=1S/C13H28N2O/c1-5-12(6-2)15-13(16)8-11(9-14)7-10(3)4/h10-12H,5-9,14H2,1-4H3,(H,15,16)/t11-/m0/s1. The van der Waals surface area contributed by atoms with Gasteiger partial charge in [-0.2, -0.15) is 0 Å². The van der Waals surface area contributed by atoms with Crippen LogP contribution < -0.4 is 11.1 Å². The van der Waals surface area contributed by atoms with E-state index in [1.807, 2.05) is 0 Å². The molecule has 0 unspecified atom stereocenters. The lowest BCUT2D eigenvalue weighted by Gasteiger charge is -2.19. The van der Waals surface area contributed by atoms with Crippen molar-refractivity contribution in [1.82, 2.24) is 5.32 Å². The average Bonchev–Trinajstić information content (AvgIpc) is 2.24. The third kappa shape index (κ3) is 6.83. The summed E-state index contributed by atoms with van der Waals surface area (Å²) in [5.74, 6) is 1.09. The molecule has 0 spiro atoms. The van der Waals surface area contributed by atoms with Crippen molar-refractivity contribution >= 4 is 5.91 Å². The molecule has 0 saturated heterocycles. The molecule has 0 aliphatic carbocycles. The third-order valence-corrected chi connectivity index (χ3v) is 2.96. The summed E-state index contributed by atoms with van der Waals surface area (Å²) in [7, 11) is 0. The number of hydrogen-bond acceptors (Lipinski definition) is 2. The van der Waals surface area contributed by atoms with E-state index in [-0.39, 0.29) is 5.91 Å². The second kappa shape index (κ2) is 8.57. The van der Waals surface area contributed by atoms with Crippen molar-refractivity contribution in [2.75, 3.05) is 6.54 Å². The molecule has 0 heterocycles. The minimum Gasteiger partial charge on any atom is -0.353 e. The van der Waals surface area contributed by atoms with Gasteiger partial charge in [0.05, 0.1) is 0 Å². The molecule has 0 radical (unpaired) electrons. The van der Waals surface area contributed by atoms with Crippen LogP contribution in [-0.2, 0) is 4.79 Å². The van der Waals surface area contributed by atoms with Gasteiger partial charge in [-0.3, -0.25) is 4.79 Å². The Morgan fingerprint density at radius 1 is 1.25 bits per heavy atom. The molecule has 0 bridgehead atoms. The topological polar surface area (TPSA) is 55.1 Å². The molecule has 0 rings (SSSR count). The smallest absolute Gasteiger partial charge is 0.220 e. The van der Waals surface area contributed by atoms with Crippen molar-refractivity contribution in [2.45, 2.75) is 59.4 Å². The predicted octanol–water partition coefficient (Wildman–Crippen LogP) is 2.30. The highest BCUT2D eigenvalue weighted by Crippen LogP contribution is 2.14. The average molecular weight is 228 g/mol. The minimum atomic E-state index is 0.157. The van der Waals surface area contributed by atoms with Crippen molar-refractivity contribution in [1.29, 1.82) is 0 Å². The molecular formula is C13H28N2O. The van der Waals surface area contributed by atoms with Gasteiger partial charge in [-0.05, 0) is 37.6 Å². The summed E-state index contributed by atoms with van der Waals surface area (Å²) in [6, 6.07) is 0.324. The Morgan fingerprint density at radius 2 is 1.81 bits per heavy atom. The number of carbonyl (C=O) groups is 1. The van der Waals surface area contributed by atoms with Gasteiger partial charge in [0.1, 0.15) is 0 Å². The van der Waals surface area contributed by atoms with Crippen LogP contribution in [0.2, 0.25) is 0 Å². The summed E-state index contributed by atoms with van der Waals surface area (Å²) in [5, 5.41) is 3.06. The SMILES string of the molecule is CCC(CC)NC(=O)C[C@@H](CN)CC(C)C. The van der Waals surface area contributed by atoms with Crippen LogP contribution >= 0.6 is 0 Å². The Labute approximate surface area is 100 Å². The van der Waals surface area contributed by atoms with Crippen molar-refractivity contribution in [2.24, 2.45) is 17.6 Å². The number of amides is 1. The van der Waals surface area contributed by atoms with E-state index in [2.05, 4.69) is 33.0 Å². The Balaban J connectivity index is 3.99. The van der Waals surface area contributed by atoms with Gasteiger partial charge in [0.25, 0.3) is 0 Å². The zero-order valence-corrected chi connectivity index (χ0v) is 11.3. The summed E-state index contributed by atoms with van der Waals surface area (Å²) >= 11 is 0. The molecule has 0 aromatic rings. The van der Waals surface area contributed by atoms with E-state index in [1.165, 1.54) is 0 Å². The van der Waals surface area contributed by atoms with Crippen molar-refractivity contribution in [3.8, 4) is 0 Å². The van der Waals surface area contributed by atoms with Crippen LogP contribution in [-0.4, -0.2) is 18.5 Å². The van der Waals surface area contributed by atoms with Gasteiger partial charge >= 0.3 is 0 Å². The van der Waals surface area contributed by atoms with Crippen molar-refractivity contribution < 1.29 is 4.79 Å². The van der Waals surface area contributed by atoms with E-state index < -0.39 is 0 Å². The Hall–Kier alpha value is -0.570. The third-order valence-electron chi connectivity index (χ3n) is 2.96. The number of nitrogens with two attached hydrogens (primary N) is 1. The molecule has 96 valence electrons. The highest BCUT2D eigenvalue weighted by Gasteiger charge is 2.15. The molecule has 16 heavy (non-hydrogen) atoms. The van der Waals surface area contributed by atoms with E-state index in [1.54, 1.807) is 0 Å². The van der Waals surface area contributed by atoms with Crippen LogP contribution in [0.25, 0.3) is 0 Å². The highest BCUT2D eigenvalue weighted by molar-refractivity contribution is 5.76. The van der Waals surface area contributed by atoms with E-state index in [9.17, 15) is 4.79 Å². The van der Waals surface area contributed by atoms with Crippen molar-refractivity contribution in [3.05, 3.63) is 0 Å². The van der Waals surface area contributed by atoms with Crippen LogP contribution in [0.1, 0.15) is 53.4 Å². The molecule has 0 aromatic heterocycles. The van der Waals surface area contributed by atoms with Crippen LogP contribution in [0.3, 0.4) is 0 Å². The van der Waals surface area contributed by atoms with Crippen LogP contribution in [0.15, 0.2) is 0 Å². The molecule has 0 aliphatic heterocycles. The first-order valence-electron chi connectivity index (χ1n) is 6.52. The monoisotopic (exact) mass is 228 g/mol. The number of nitrogens with one attached hydrogen (secondary N) is 1. The summed E-state index contributed by atoms with van der Waals surface area (Å²) < 4.78 is 0. The molecule has 0 saturated carbocycles. The fraction of sp³-hybridized carbons (Fsp3) is 0.923. The second-order valence-corrected chi connectivity index (χ2v) is 5.02. The Morgan fingerprint density at radius 3 is 2.19 bits per heavy atom. The first kappa shape index (κ1) is 15.4. The van der Waals surface area contributed by atoms with E-state index in [4.69, 9.17) is 5.73 Å². The van der Waals surface area contributed by atoms with Crippen LogP contribution in [0.4, 0.5) is 0 Å². The molecule has 0 aromatic carbocycles. The molecule has 0 fully saturated rings. The van der Waals surface area contributed by atoms with Gasteiger partial charge < -0.3 is 11.1 Å². The summed E-state index contributed by atoms with van der Waals surface area (Å²) in [4.78, 5) is 11.8. The minimum absolute atomic E-state index is 0.157. The van der Waals surface area contributed by atoms with Gasteiger partial charge in [-0.15, -0.1) is 0 Å². The number of carbonyl (C=O) groups excluding carboxylic acids is 1. The van der Waals surface area contributed by atoms with Crippen molar-refractivity contribution in [3.63, 3.8) is 0 Å². The Bertz CT molecular complexity index is 188. The normalized spacial score (nSPS) is 13.2. The molecule has 3 heteroatoms. The van der Waals surface area contributed by atoms with E-state index in [0.29, 0.717) is 30.8 Å². The van der Waals surface area contributed by atoms with E-state index >= 15 is 0 Å². The quantitative estimate of drug-likeness (QED) is 0.670. The molecular weight excluding hydrogens is 200 g/mol. The predicted molar refractivity (Wildman–Crippen MR) is 69.1 cm³/mol. The maximum Gasteiger partial charge on any atom is 0.220 e. The molecule has 0 aliphatic rings. The van der Waals surface area contributed by atoms with Gasteiger partial charge in [-0.25, -0.2) is 0 Å². The molecule has 3 nitrogen and oxygen atoms in total. The lowest BCUT2D eigenvalue weighted by molar-refractivity contribution is -0.122. The lowest BCUT2D eigenvalue weighted by atomic mass is 9.94. The summed E-state index contributed by atoms with van der Waals surface area (Å²) in [6.07, 6.45) is 3.61. The molecule has 1 amide bonds. The first-order chi connectivity index (χ1) is 7.53. The maximum atomic E-state index is 11.8. The van der Waals surface area contributed by atoms with Gasteiger partial charge in [0.2, 0.25) is 5.91 Å². The second-order valence-electron chi connectivity index (χ2n) is 5.02. The summed E-state index contributed by atoms with van der Waals surface area (Å²) in [6.45, 7) is 9.14. The Kier molecular flexibility index (Phi) is 8.26. The molecule has 1 atom stereocenters. The van der Waals surface area contributed by atoms with Crippen LogP contribution in [0, 0.1) is 11.8 Å². The highest BCUT2D eigenvalue weighted by atomic mass is 16.1. The first-order valence-corrected chi connectivity index (χ1v) is 6.52. The van der Waals surface area contributed by atoms with E-state index in [0.717, 1.165) is 19.3 Å². The lowest BCUT2D eigenvalue weighted by Crippen LogP contribution is -2.36. The summed E-state index contributed by atoms with van der Waals surface area (Å²) in [5.41, 5.74) is 5.69. The fourth-order valence-electron chi connectivity index (χ4n) is 1.97.